The van der Waals surface area contributed by atoms with Gasteiger partial charge in [-0.25, -0.2) is 9.97 Å². The molecule has 1 aromatic rings. The summed E-state index contributed by atoms with van der Waals surface area (Å²) in [6.07, 6.45) is 5.59. The summed E-state index contributed by atoms with van der Waals surface area (Å²) < 4.78 is 0. The molecule has 4 nitrogen and oxygen atoms in total. The second-order valence-electron chi connectivity index (χ2n) is 2.84. The molecule has 0 aliphatic carbocycles. The van der Waals surface area contributed by atoms with E-state index in [0.717, 1.165) is 18.7 Å². The van der Waals surface area contributed by atoms with Crippen LogP contribution in [-0.2, 0) is 4.79 Å². The van der Waals surface area contributed by atoms with Crippen molar-refractivity contribution < 1.29 is 4.79 Å². The van der Waals surface area contributed by atoms with Gasteiger partial charge in [0, 0.05) is 6.54 Å². The maximum atomic E-state index is 11.5. The Labute approximate surface area is 84.1 Å². The van der Waals surface area contributed by atoms with Gasteiger partial charge in [0.05, 0.1) is 22.9 Å². The van der Waals surface area contributed by atoms with Crippen LogP contribution in [0.25, 0.3) is 0 Å². The van der Waals surface area contributed by atoms with E-state index < -0.39 is 0 Å². The third-order valence-electron chi connectivity index (χ3n) is 2.00. The Balaban J connectivity index is 2.24. The fourth-order valence-electron chi connectivity index (χ4n) is 1.33. The van der Waals surface area contributed by atoms with E-state index in [9.17, 15) is 4.79 Å². The molecule has 1 unspecified atom stereocenters. The first-order valence-corrected chi connectivity index (χ1v) is 4.91. The van der Waals surface area contributed by atoms with E-state index >= 15 is 0 Å². The van der Waals surface area contributed by atoms with Crippen LogP contribution in [0.4, 0.5) is 5.69 Å². The largest absolute Gasteiger partial charge is 0.309 e. The van der Waals surface area contributed by atoms with Crippen molar-refractivity contribution in [3.05, 3.63) is 18.7 Å². The number of hydrogen-bond donors (Lipinski definition) is 0. The van der Waals surface area contributed by atoms with E-state index in [1.165, 1.54) is 6.33 Å². The molecule has 13 heavy (non-hydrogen) atoms. The highest BCUT2D eigenvalue weighted by molar-refractivity contribution is 9.10. The Kier molecular flexibility index (Phi) is 2.26. The maximum absolute atomic E-state index is 11.5. The highest BCUT2D eigenvalue weighted by Crippen LogP contribution is 2.23. The van der Waals surface area contributed by atoms with Crippen molar-refractivity contribution in [3.63, 3.8) is 0 Å². The van der Waals surface area contributed by atoms with Crippen LogP contribution in [0.3, 0.4) is 0 Å². The fraction of sp³-hybridized carbons (Fsp3) is 0.375. The summed E-state index contributed by atoms with van der Waals surface area (Å²) in [6, 6.07) is 0. The average molecular weight is 242 g/mol. The van der Waals surface area contributed by atoms with Crippen molar-refractivity contribution in [1.29, 1.82) is 0 Å². The van der Waals surface area contributed by atoms with Gasteiger partial charge in [-0.05, 0) is 6.42 Å². The zero-order chi connectivity index (χ0) is 9.26. The quantitative estimate of drug-likeness (QED) is 0.689. The van der Waals surface area contributed by atoms with E-state index in [1.54, 1.807) is 17.3 Å². The second kappa shape index (κ2) is 3.41. The summed E-state index contributed by atoms with van der Waals surface area (Å²) in [6.45, 7) is 0.738. The van der Waals surface area contributed by atoms with Gasteiger partial charge in [0.15, 0.2) is 0 Å². The van der Waals surface area contributed by atoms with Crippen LogP contribution in [0.1, 0.15) is 6.42 Å². The lowest BCUT2D eigenvalue weighted by atomic mass is 10.4. The number of carbonyl (C=O) groups is 1. The molecular weight excluding hydrogens is 234 g/mol. The predicted octanol–water partition coefficient (Wildman–Crippen LogP) is 0.977. The SMILES string of the molecule is O=C1C(Br)CCN1c1cncnc1. The Bertz CT molecular complexity index is 316. The van der Waals surface area contributed by atoms with Crippen molar-refractivity contribution in [3.8, 4) is 0 Å². The number of rotatable bonds is 1. The van der Waals surface area contributed by atoms with Crippen molar-refractivity contribution in [1.82, 2.24) is 9.97 Å². The van der Waals surface area contributed by atoms with Gasteiger partial charge in [-0.3, -0.25) is 4.79 Å². The normalized spacial score (nSPS) is 22.4. The number of anilines is 1. The van der Waals surface area contributed by atoms with E-state index in [4.69, 9.17) is 0 Å². The first-order valence-electron chi connectivity index (χ1n) is 3.99. The molecule has 1 atom stereocenters. The van der Waals surface area contributed by atoms with Gasteiger partial charge in [-0.2, -0.15) is 0 Å². The van der Waals surface area contributed by atoms with Gasteiger partial charge < -0.3 is 4.90 Å². The molecule has 0 aromatic carbocycles. The first kappa shape index (κ1) is 8.62. The molecular formula is C8H8BrN3O. The minimum atomic E-state index is -0.0484. The molecule has 0 N–H and O–H groups in total. The summed E-state index contributed by atoms with van der Waals surface area (Å²) in [5.74, 6) is 0.0924. The zero-order valence-corrected chi connectivity index (χ0v) is 8.44. The molecule has 0 radical (unpaired) electrons. The Hall–Kier alpha value is -0.970. The van der Waals surface area contributed by atoms with Crippen LogP contribution in [0.2, 0.25) is 0 Å². The average Bonchev–Trinajstić information content (AvgIpc) is 2.49. The topological polar surface area (TPSA) is 46.1 Å². The standard InChI is InChI=1S/C8H8BrN3O/c9-7-1-2-12(8(7)13)6-3-10-5-11-4-6/h3-5,7H,1-2H2. The van der Waals surface area contributed by atoms with Gasteiger partial charge >= 0.3 is 0 Å². The number of hydrogen-bond acceptors (Lipinski definition) is 3. The van der Waals surface area contributed by atoms with Gasteiger partial charge in [0.2, 0.25) is 5.91 Å². The molecule has 2 rings (SSSR count). The summed E-state index contributed by atoms with van der Waals surface area (Å²) in [5, 5.41) is 0. The van der Waals surface area contributed by atoms with Crippen molar-refractivity contribution in [2.75, 3.05) is 11.4 Å². The smallest absolute Gasteiger partial charge is 0.240 e. The number of aromatic nitrogens is 2. The number of alkyl halides is 1. The lowest BCUT2D eigenvalue weighted by molar-refractivity contribution is -0.116. The molecule has 2 heterocycles. The summed E-state index contributed by atoms with van der Waals surface area (Å²) in [7, 11) is 0. The molecule has 0 saturated carbocycles. The van der Waals surface area contributed by atoms with Crippen molar-refractivity contribution in [2.45, 2.75) is 11.2 Å². The predicted molar refractivity (Wildman–Crippen MR) is 51.7 cm³/mol. The van der Waals surface area contributed by atoms with E-state index in [-0.39, 0.29) is 10.7 Å². The molecule has 68 valence electrons. The van der Waals surface area contributed by atoms with Crippen LogP contribution in [-0.4, -0.2) is 27.2 Å². The number of amides is 1. The van der Waals surface area contributed by atoms with Crippen LogP contribution < -0.4 is 4.90 Å². The molecule has 1 saturated heterocycles. The van der Waals surface area contributed by atoms with E-state index in [2.05, 4.69) is 25.9 Å². The van der Waals surface area contributed by atoms with Crippen LogP contribution >= 0.6 is 15.9 Å². The number of nitrogens with zero attached hydrogens (tertiary/aromatic N) is 3. The van der Waals surface area contributed by atoms with Gasteiger partial charge in [-0.15, -0.1) is 0 Å². The Morgan fingerprint density at radius 2 is 2.15 bits per heavy atom. The lowest BCUT2D eigenvalue weighted by Gasteiger charge is -2.13. The second-order valence-corrected chi connectivity index (χ2v) is 3.95. The monoisotopic (exact) mass is 241 g/mol. The first-order chi connectivity index (χ1) is 6.29. The lowest BCUT2D eigenvalue weighted by Crippen LogP contribution is -2.27. The summed E-state index contributed by atoms with van der Waals surface area (Å²) in [5.41, 5.74) is 0.773. The molecule has 1 fully saturated rings. The maximum Gasteiger partial charge on any atom is 0.240 e. The number of carbonyl (C=O) groups excluding carboxylic acids is 1. The Morgan fingerprint density at radius 3 is 2.69 bits per heavy atom. The van der Waals surface area contributed by atoms with Gasteiger partial charge in [0.25, 0.3) is 0 Å². The molecule has 0 spiro atoms. The number of halogens is 1. The van der Waals surface area contributed by atoms with Gasteiger partial charge in [0.1, 0.15) is 6.33 Å². The van der Waals surface area contributed by atoms with Crippen molar-refractivity contribution >= 4 is 27.5 Å². The van der Waals surface area contributed by atoms with Crippen LogP contribution in [0.15, 0.2) is 18.7 Å². The molecule has 5 heteroatoms. The van der Waals surface area contributed by atoms with Crippen molar-refractivity contribution in [2.24, 2.45) is 0 Å². The minimum absolute atomic E-state index is 0.0484. The molecule has 0 bridgehead atoms. The molecule has 1 aromatic heterocycles. The molecule has 1 aliphatic rings. The fourth-order valence-corrected chi connectivity index (χ4v) is 1.78. The third-order valence-corrected chi connectivity index (χ3v) is 2.85. The van der Waals surface area contributed by atoms with Crippen LogP contribution in [0.5, 0.6) is 0 Å². The van der Waals surface area contributed by atoms with Gasteiger partial charge in [-0.1, -0.05) is 15.9 Å². The minimum Gasteiger partial charge on any atom is -0.309 e. The zero-order valence-electron chi connectivity index (χ0n) is 6.85. The molecule has 1 aliphatic heterocycles. The summed E-state index contributed by atoms with van der Waals surface area (Å²) >= 11 is 3.31. The van der Waals surface area contributed by atoms with Crippen LogP contribution in [0, 0.1) is 0 Å². The highest BCUT2D eigenvalue weighted by Gasteiger charge is 2.30. The Morgan fingerprint density at radius 1 is 1.46 bits per heavy atom. The molecule has 1 amide bonds. The highest BCUT2D eigenvalue weighted by atomic mass is 79.9. The summed E-state index contributed by atoms with van der Waals surface area (Å²) in [4.78, 5) is 20.9. The van der Waals surface area contributed by atoms with E-state index in [0.29, 0.717) is 0 Å². The van der Waals surface area contributed by atoms with E-state index in [1.807, 2.05) is 0 Å². The third kappa shape index (κ3) is 1.56.